The van der Waals surface area contributed by atoms with Gasteiger partial charge in [-0.05, 0) is 49.4 Å². The first-order chi connectivity index (χ1) is 13.0. The van der Waals surface area contributed by atoms with Gasteiger partial charge >= 0.3 is 11.1 Å². The third-order valence-electron chi connectivity index (χ3n) is 4.02. The second-order valence-corrected chi connectivity index (χ2v) is 6.23. The molecule has 1 heterocycles. The summed E-state index contributed by atoms with van der Waals surface area (Å²) in [6.45, 7) is 2.76. The number of hydrogen-bond donors (Lipinski definition) is 2. The maximum atomic E-state index is 12.3. The van der Waals surface area contributed by atoms with Gasteiger partial charge in [0.2, 0.25) is 0 Å². The van der Waals surface area contributed by atoms with Gasteiger partial charge in [-0.2, -0.15) is 0 Å². The number of ether oxygens (including phenoxy) is 1. The minimum absolute atomic E-state index is 0.299. The van der Waals surface area contributed by atoms with E-state index < -0.39 is 11.1 Å². The number of nitrogens with zero attached hydrogens (tertiary/aromatic N) is 1. The van der Waals surface area contributed by atoms with Crippen molar-refractivity contribution in [2.24, 2.45) is 0 Å². The molecule has 7 nitrogen and oxygen atoms in total. The number of rotatable bonds is 6. The van der Waals surface area contributed by atoms with E-state index in [0.29, 0.717) is 47.1 Å². The number of hydrogen-bond acceptors (Lipinski definition) is 4. The number of carbonyl (C=O) groups is 1. The van der Waals surface area contributed by atoms with Crippen molar-refractivity contribution in [3.05, 3.63) is 73.8 Å². The van der Waals surface area contributed by atoms with Crippen LogP contribution in [0.15, 0.2) is 52.1 Å². The first kappa shape index (κ1) is 18.7. The van der Waals surface area contributed by atoms with Gasteiger partial charge in [-0.15, -0.1) is 0 Å². The zero-order chi connectivity index (χ0) is 19.4. The SMILES string of the molecule is CCn1c(=O)c(=O)[nH]c2cc(C(=O)NCCOc3ccc(Cl)cc3)ccc21. The van der Waals surface area contributed by atoms with Gasteiger partial charge in [-0.3, -0.25) is 14.4 Å². The molecule has 2 N–H and O–H groups in total. The Morgan fingerprint density at radius 3 is 2.63 bits per heavy atom. The summed E-state index contributed by atoms with van der Waals surface area (Å²) in [6, 6.07) is 11.8. The predicted octanol–water partition coefficient (Wildman–Crippen LogP) is 2.17. The van der Waals surface area contributed by atoms with Crippen molar-refractivity contribution in [3.63, 3.8) is 0 Å². The van der Waals surface area contributed by atoms with E-state index in [4.69, 9.17) is 16.3 Å². The number of aryl methyl sites for hydroxylation is 1. The molecule has 0 bridgehead atoms. The number of aromatic nitrogens is 2. The van der Waals surface area contributed by atoms with Crippen molar-refractivity contribution in [1.29, 1.82) is 0 Å². The van der Waals surface area contributed by atoms with Crippen molar-refractivity contribution >= 4 is 28.5 Å². The van der Waals surface area contributed by atoms with Gasteiger partial charge in [0, 0.05) is 17.1 Å². The molecule has 0 saturated carbocycles. The van der Waals surface area contributed by atoms with Crippen molar-refractivity contribution < 1.29 is 9.53 Å². The van der Waals surface area contributed by atoms with Crippen LogP contribution < -0.4 is 21.2 Å². The highest BCUT2D eigenvalue weighted by atomic mass is 35.5. The normalized spacial score (nSPS) is 10.7. The summed E-state index contributed by atoms with van der Waals surface area (Å²) in [5.41, 5.74) is 0.0713. The van der Waals surface area contributed by atoms with Crippen molar-refractivity contribution in [1.82, 2.24) is 14.9 Å². The van der Waals surface area contributed by atoms with Gasteiger partial charge in [0.15, 0.2) is 0 Å². The monoisotopic (exact) mass is 387 g/mol. The van der Waals surface area contributed by atoms with Crippen LogP contribution >= 0.6 is 11.6 Å². The molecule has 3 aromatic rings. The maximum absolute atomic E-state index is 12.3. The van der Waals surface area contributed by atoms with Gasteiger partial charge in [-0.1, -0.05) is 11.6 Å². The molecule has 140 valence electrons. The minimum Gasteiger partial charge on any atom is -0.492 e. The van der Waals surface area contributed by atoms with Gasteiger partial charge in [0.05, 0.1) is 17.6 Å². The van der Waals surface area contributed by atoms with E-state index in [1.54, 1.807) is 49.4 Å². The number of benzene rings is 2. The van der Waals surface area contributed by atoms with Crippen LogP contribution in [0.2, 0.25) is 5.02 Å². The van der Waals surface area contributed by atoms with E-state index in [0.717, 1.165) is 0 Å². The molecule has 1 amide bonds. The molecule has 0 fully saturated rings. The molecule has 0 aliphatic heterocycles. The molecule has 2 aromatic carbocycles. The lowest BCUT2D eigenvalue weighted by atomic mass is 10.1. The fourth-order valence-corrected chi connectivity index (χ4v) is 2.83. The van der Waals surface area contributed by atoms with Crippen molar-refractivity contribution in [2.45, 2.75) is 13.5 Å². The van der Waals surface area contributed by atoms with Crippen LogP contribution in [0.3, 0.4) is 0 Å². The lowest BCUT2D eigenvalue weighted by Gasteiger charge is -2.10. The minimum atomic E-state index is -0.710. The van der Waals surface area contributed by atoms with Crippen LogP contribution in [-0.4, -0.2) is 28.6 Å². The number of halogens is 1. The zero-order valence-corrected chi connectivity index (χ0v) is 15.4. The van der Waals surface area contributed by atoms with E-state index >= 15 is 0 Å². The third-order valence-corrected chi connectivity index (χ3v) is 4.28. The Bertz CT molecular complexity index is 1090. The fraction of sp³-hybridized carbons (Fsp3) is 0.211. The molecule has 0 radical (unpaired) electrons. The lowest BCUT2D eigenvalue weighted by Crippen LogP contribution is -2.36. The van der Waals surface area contributed by atoms with Gasteiger partial charge in [0.25, 0.3) is 5.91 Å². The summed E-state index contributed by atoms with van der Waals surface area (Å²) in [4.78, 5) is 38.4. The third kappa shape index (κ3) is 4.20. The van der Waals surface area contributed by atoms with Gasteiger partial charge in [-0.25, -0.2) is 0 Å². The molecule has 3 rings (SSSR count). The van der Waals surface area contributed by atoms with Crippen LogP contribution in [0, 0.1) is 0 Å². The molecule has 27 heavy (non-hydrogen) atoms. The molecule has 1 aromatic heterocycles. The van der Waals surface area contributed by atoms with Crippen LogP contribution in [0.5, 0.6) is 5.75 Å². The molecule has 8 heteroatoms. The molecule has 0 spiro atoms. The standard InChI is InChI=1S/C19H18ClN3O4/c1-2-23-16-8-3-12(11-15(16)22-18(25)19(23)26)17(24)21-9-10-27-14-6-4-13(20)5-7-14/h3-8,11H,2,9-10H2,1H3,(H,21,24)(H,22,25). The number of aromatic amines is 1. The second kappa shape index (κ2) is 8.09. The molecule has 0 atom stereocenters. The first-order valence-corrected chi connectivity index (χ1v) is 8.81. The Hall–Kier alpha value is -3.06. The summed E-state index contributed by atoms with van der Waals surface area (Å²) < 4.78 is 6.89. The highest BCUT2D eigenvalue weighted by molar-refractivity contribution is 6.30. The van der Waals surface area contributed by atoms with Crippen LogP contribution in [-0.2, 0) is 6.54 Å². The van der Waals surface area contributed by atoms with Gasteiger partial charge in [0.1, 0.15) is 12.4 Å². The Balaban J connectivity index is 1.67. The predicted molar refractivity (Wildman–Crippen MR) is 104 cm³/mol. The quantitative estimate of drug-likeness (QED) is 0.500. The van der Waals surface area contributed by atoms with E-state index in [-0.39, 0.29) is 5.91 Å². The van der Waals surface area contributed by atoms with Crippen LogP contribution in [0.1, 0.15) is 17.3 Å². The Morgan fingerprint density at radius 2 is 1.93 bits per heavy atom. The van der Waals surface area contributed by atoms with Crippen LogP contribution in [0.25, 0.3) is 11.0 Å². The highest BCUT2D eigenvalue weighted by Crippen LogP contribution is 2.15. The van der Waals surface area contributed by atoms with Gasteiger partial charge < -0.3 is 19.6 Å². The van der Waals surface area contributed by atoms with E-state index in [9.17, 15) is 14.4 Å². The zero-order valence-electron chi connectivity index (χ0n) is 14.6. The summed E-state index contributed by atoms with van der Waals surface area (Å²) in [6.07, 6.45) is 0. The number of H-pyrrole nitrogens is 1. The first-order valence-electron chi connectivity index (χ1n) is 8.43. The second-order valence-electron chi connectivity index (χ2n) is 5.79. The Kier molecular flexibility index (Phi) is 5.61. The highest BCUT2D eigenvalue weighted by Gasteiger charge is 2.10. The largest absolute Gasteiger partial charge is 0.492 e. The lowest BCUT2D eigenvalue weighted by molar-refractivity contribution is 0.0947. The van der Waals surface area contributed by atoms with E-state index in [1.807, 2.05) is 0 Å². The summed E-state index contributed by atoms with van der Waals surface area (Å²) in [5.74, 6) is 0.362. The Morgan fingerprint density at radius 1 is 1.19 bits per heavy atom. The average Bonchev–Trinajstić information content (AvgIpc) is 2.67. The summed E-state index contributed by atoms with van der Waals surface area (Å²) in [5, 5.41) is 3.37. The smallest absolute Gasteiger partial charge is 0.316 e. The van der Waals surface area contributed by atoms with E-state index in [1.165, 1.54) is 4.57 Å². The fourth-order valence-electron chi connectivity index (χ4n) is 2.70. The number of amides is 1. The topological polar surface area (TPSA) is 93.2 Å². The molecule has 0 saturated heterocycles. The maximum Gasteiger partial charge on any atom is 0.316 e. The molecular weight excluding hydrogens is 370 g/mol. The van der Waals surface area contributed by atoms with Crippen molar-refractivity contribution in [3.8, 4) is 5.75 Å². The number of fused-ring (bicyclic) bond motifs is 1. The van der Waals surface area contributed by atoms with E-state index in [2.05, 4.69) is 10.3 Å². The number of carbonyl (C=O) groups excluding carboxylic acids is 1. The number of nitrogens with one attached hydrogen (secondary N) is 2. The summed E-state index contributed by atoms with van der Waals surface area (Å²) in [7, 11) is 0. The molecule has 0 aliphatic rings. The van der Waals surface area contributed by atoms with Crippen LogP contribution in [0.4, 0.5) is 0 Å². The molecule has 0 aliphatic carbocycles. The molecular formula is C19H18ClN3O4. The Labute approximate surface area is 159 Å². The molecule has 0 unspecified atom stereocenters. The average molecular weight is 388 g/mol. The van der Waals surface area contributed by atoms with Crippen molar-refractivity contribution in [2.75, 3.05) is 13.2 Å². The summed E-state index contributed by atoms with van der Waals surface area (Å²) >= 11 is 5.81.